The first-order chi connectivity index (χ1) is 12.4. The van der Waals surface area contributed by atoms with Crippen molar-refractivity contribution in [3.8, 4) is 0 Å². The Labute approximate surface area is 165 Å². The molecule has 138 valence electrons. The Morgan fingerprint density at radius 3 is 2.65 bits per heavy atom. The second-order valence-corrected chi connectivity index (χ2v) is 8.12. The van der Waals surface area contributed by atoms with Crippen LogP contribution in [0.3, 0.4) is 0 Å². The summed E-state index contributed by atoms with van der Waals surface area (Å²) in [7, 11) is 0. The van der Waals surface area contributed by atoms with Crippen molar-refractivity contribution in [2.75, 3.05) is 6.61 Å². The summed E-state index contributed by atoms with van der Waals surface area (Å²) in [5, 5.41) is 10.0. The maximum absolute atomic E-state index is 12.2. The minimum Gasteiger partial charge on any atom is -0.477 e. The van der Waals surface area contributed by atoms with Gasteiger partial charge in [-0.2, -0.15) is 0 Å². The standard InChI is InChI=1S/C18H17Cl2NO4S/c19-12-5-11(6-13(20)7-12)8-21-14(1-4-17(21)22)9-25-10-15-2-3-16(26-15)18(23)24/h2-3,5-7,14H,1,4,8-10H2,(H,23,24)/t14-/m1/s1. The summed E-state index contributed by atoms with van der Waals surface area (Å²) in [6.45, 7) is 1.18. The number of nitrogens with zero attached hydrogens (tertiary/aromatic N) is 1. The van der Waals surface area contributed by atoms with Crippen LogP contribution in [0, 0.1) is 0 Å². The number of carboxylic acid groups (broad SMARTS) is 1. The van der Waals surface area contributed by atoms with E-state index in [-0.39, 0.29) is 11.9 Å². The Hall–Kier alpha value is -1.60. The Morgan fingerprint density at radius 1 is 1.27 bits per heavy atom. The zero-order valence-corrected chi connectivity index (χ0v) is 16.1. The Bertz CT molecular complexity index is 803. The van der Waals surface area contributed by atoms with E-state index in [2.05, 4.69) is 0 Å². The van der Waals surface area contributed by atoms with Gasteiger partial charge in [-0.3, -0.25) is 4.79 Å². The monoisotopic (exact) mass is 413 g/mol. The van der Waals surface area contributed by atoms with Gasteiger partial charge in [0.15, 0.2) is 0 Å². The molecule has 1 fully saturated rings. The number of thiophene rings is 1. The normalized spacial score (nSPS) is 17.1. The van der Waals surface area contributed by atoms with E-state index in [1.807, 2.05) is 0 Å². The molecule has 0 saturated carbocycles. The van der Waals surface area contributed by atoms with Gasteiger partial charge in [0.25, 0.3) is 0 Å². The van der Waals surface area contributed by atoms with Crippen molar-refractivity contribution in [2.24, 2.45) is 0 Å². The number of halogens is 2. The highest BCUT2D eigenvalue weighted by atomic mass is 35.5. The minimum atomic E-state index is -0.936. The second kappa shape index (κ2) is 8.39. The highest BCUT2D eigenvalue weighted by Gasteiger charge is 2.31. The fourth-order valence-electron chi connectivity index (χ4n) is 2.95. The molecule has 2 heterocycles. The molecule has 1 atom stereocenters. The molecule has 1 aliphatic rings. The molecule has 1 aromatic carbocycles. The summed E-state index contributed by atoms with van der Waals surface area (Å²) in [6.07, 6.45) is 1.22. The molecule has 1 N–H and O–H groups in total. The van der Waals surface area contributed by atoms with Crippen LogP contribution in [0.25, 0.3) is 0 Å². The predicted molar refractivity (Wildman–Crippen MR) is 101 cm³/mol. The summed E-state index contributed by atoms with van der Waals surface area (Å²) < 4.78 is 5.73. The van der Waals surface area contributed by atoms with Crippen LogP contribution in [0.1, 0.15) is 33.0 Å². The third-order valence-electron chi connectivity index (χ3n) is 4.15. The van der Waals surface area contributed by atoms with E-state index in [1.54, 1.807) is 35.2 Å². The number of ether oxygens (including phenoxy) is 1. The van der Waals surface area contributed by atoms with Crippen molar-refractivity contribution in [1.82, 2.24) is 4.90 Å². The lowest BCUT2D eigenvalue weighted by Crippen LogP contribution is -2.35. The van der Waals surface area contributed by atoms with E-state index >= 15 is 0 Å². The van der Waals surface area contributed by atoms with Gasteiger partial charge in [0.2, 0.25) is 5.91 Å². The SMILES string of the molecule is O=C(O)c1ccc(COC[C@H]2CCC(=O)N2Cc2cc(Cl)cc(Cl)c2)s1. The minimum absolute atomic E-state index is 0.0147. The van der Waals surface area contributed by atoms with Crippen molar-refractivity contribution in [3.05, 3.63) is 55.7 Å². The number of likely N-dealkylation sites (tertiary alicyclic amines) is 1. The number of hydrogen-bond acceptors (Lipinski definition) is 4. The third-order valence-corrected chi connectivity index (χ3v) is 5.64. The molecule has 0 bridgehead atoms. The van der Waals surface area contributed by atoms with Gasteiger partial charge in [0, 0.05) is 27.9 Å². The molecule has 2 aromatic rings. The largest absolute Gasteiger partial charge is 0.477 e. The lowest BCUT2D eigenvalue weighted by molar-refractivity contribution is -0.130. The Morgan fingerprint density at radius 2 is 2.00 bits per heavy atom. The number of carbonyl (C=O) groups excluding carboxylic acids is 1. The number of carbonyl (C=O) groups is 2. The topological polar surface area (TPSA) is 66.8 Å². The van der Waals surface area contributed by atoms with Gasteiger partial charge in [-0.15, -0.1) is 11.3 Å². The van der Waals surface area contributed by atoms with Gasteiger partial charge < -0.3 is 14.7 Å². The number of aromatic carboxylic acids is 1. The van der Waals surface area contributed by atoms with Crippen LogP contribution in [0.2, 0.25) is 10.0 Å². The number of amides is 1. The maximum Gasteiger partial charge on any atom is 0.345 e. The quantitative estimate of drug-likeness (QED) is 0.727. The molecule has 1 aromatic heterocycles. The van der Waals surface area contributed by atoms with E-state index in [9.17, 15) is 9.59 Å². The first-order valence-electron chi connectivity index (χ1n) is 8.06. The van der Waals surface area contributed by atoms with E-state index in [0.29, 0.717) is 41.1 Å². The van der Waals surface area contributed by atoms with Crippen molar-refractivity contribution in [3.63, 3.8) is 0 Å². The average Bonchev–Trinajstić information content (AvgIpc) is 3.16. The lowest BCUT2D eigenvalue weighted by Gasteiger charge is -2.25. The second-order valence-electron chi connectivity index (χ2n) is 6.08. The number of carboxylic acids is 1. The smallest absolute Gasteiger partial charge is 0.345 e. The van der Waals surface area contributed by atoms with Crippen LogP contribution in [0.15, 0.2) is 30.3 Å². The lowest BCUT2D eigenvalue weighted by atomic mass is 10.2. The number of rotatable bonds is 7. The molecular formula is C18H17Cl2NO4S. The van der Waals surface area contributed by atoms with Gasteiger partial charge in [-0.25, -0.2) is 4.79 Å². The third kappa shape index (κ3) is 4.76. The van der Waals surface area contributed by atoms with Crippen molar-refractivity contribution >= 4 is 46.4 Å². The molecule has 0 unspecified atom stereocenters. The highest BCUT2D eigenvalue weighted by molar-refractivity contribution is 7.13. The first kappa shape index (κ1) is 19.2. The van der Waals surface area contributed by atoms with E-state index in [1.165, 1.54) is 11.3 Å². The molecule has 1 amide bonds. The van der Waals surface area contributed by atoms with E-state index in [0.717, 1.165) is 16.9 Å². The summed E-state index contributed by atoms with van der Waals surface area (Å²) in [5.41, 5.74) is 0.882. The Balaban J connectivity index is 1.57. The first-order valence-corrected chi connectivity index (χ1v) is 9.64. The fraction of sp³-hybridized carbons (Fsp3) is 0.333. The molecule has 8 heteroatoms. The van der Waals surface area contributed by atoms with Crippen LogP contribution in [0.5, 0.6) is 0 Å². The van der Waals surface area contributed by atoms with Gasteiger partial charge >= 0.3 is 5.97 Å². The summed E-state index contributed by atoms with van der Waals surface area (Å²) in [6, 6.07) is 8.57. The van der Waals surface area contributed by atoms with E-state index in [4.69, 9.17) is 33.0 Å². The summed E-state index contributed by atoms with van der Waals surface area (Å²) in [5.74, 6) is -0.854. The van der Waals surface area contributed by atoms with Crippen LogP contribution < -0.4 is 0 Å². The Kier molecular flexibility index (Phi) is 6.19. The van der Waals surface area contributed by atoms with Crippen LogP contribution in [-0.2, 0) is 22.7 Å². The van der Waals surface area contributed by atoms with Gasteiger partial charge in [-0.05, 0) is 42.3 Å². The average molecular weight is 414 g/mol. The fourth-order valence-corrected chi connectivity index (χ4v) is 4.30. The highest BCUT2D eigenvalue weighted by Crippen LogP contribution is 2.26. The molecule has 26 heavy (non-hydrogen) atoms. The molecule has 0 aliphatic carbocycles. The van der Waals surface area contributed by atoms with Crippen molar-refractivity contribution in [1.29, 1.82) is 0 Å². The predicted octanol–water partition coefficient (Wildman–Crippen LogP) is 4.46. The molecule has 0 radical (unpaired) electrons. The maximum atomic E-state index is 12.2. The van der Waals surface area contributed by atoms with Crippen molar-refractivity contribution in [2.45, 2.75) is 32.0 Å². The number of hydrogen-bond donors (Lipinski definition) is 1. The van der Waals surface area contributed by atoms with Gasteiger partial charge in [0.1, 0.15) is 4.88 Å². The molecule has 1 aliphatic heterocycles. The van der Waals surface area contributed by atoms with Crippen molar-refractivity contribution < 1.29 is 19.4 Å². The zero-order chi connectivity index (χ0) is 18.7. The summed E-state index contributed by atoms with van der Waals surface area (Å²) in [4.78, 5) is 26.0. The van der Waals surface area contributed by atoms with Crippen LogP contribution in [0.4, 0.5) is 0 Å². The molecule has 1 saturated heterocycles. The van der Waals surface area contributed by atoms with Crippen LogP contribution >= 0.6 is 34.5 Å². The molecular weight excluding hydrogens is 397 g/mol. The number of benzene rings is 1. The van der Waals surface area contributed by atoms with E-state index < -0.39 is 5.97 Å². The summed E-state index contributed by atoms with van der Waals surface area (Å²) >= 11 is 13.3. The van der Waals surface area contributed by atoms with Gasteiger partial charge in [-0.1, -0.05) is 23.2 Å². The molecule has 0 spiro atoms. The zero-order valence-electron chi connectivity index (χ0n) is 13.8. The molecule has 5 nitrogen and oxygen atoms in total. The molecule has 3 rings (SSSR count). The van der Waals surface area contributed by atoms with Gasteiger partial charge in [0.05, 0.1) is 19.3 Å². The van der Waals surface area contributed by atoms with Crippen LogP contribution in [-0.4, -0.2) is 34.5 Å².